The van der Waals surface area contributed by atoms with E-state index >= 15 is 0 Å². The van der Waals surface area contributed by atoms with Crippen molar-refractivity contribution in [3.63, 3.8) is 0 Å². The highest BCUT2D eigenvalue weighted by atomic mass is 16.5. The van der Waals surface area contributed by atoms with Gasteiger partial charge in [-0.3, -0.25) is 4.79 Å². The first-order chi connectivity index (χ1) is 18.0. The van der Waals surface area contributed by atoms with Gasteiger partial charge in [0, 0.05) is 0 Å². The molecule has 0 saturated heterocycles. The van der Waals surface area contributed by atoms with E-state index in [1.807, 2.05) is 0 Å². The van der Waals surface area contributed by atoms with Gasteiger partial charge in [-0.05, 0) is 64.6 Å². The SMILES string of the molecule is CCCCCCCCC1CC1OC(=O)C(CCN(C)C)C(CCCCCCCC)CCCCCCCC. The molecule has 3 heteroatoms. The molecule has 1 aliphatic carbocycles. The Bertz CT molecular complexity index is 504. The quantitative estimate of drug-likeness (QED) is 0.0795. The number of unbranched alkanes of at least 4 members (excludes halogenated alkanes) is 15. The molecule has 3 atom stereocenters. The van der Waals surface area contributed by atoms with E-state index in [4.69, 9.17) is 4.74 Å². The Morgan fingerprint density at radius 2 is 1.14 bits per heavy atom. The number of carbonyl (C=O) groups is 1. The Labute approximate surface area is 233 Å². The average Bonchev–Trinajstić information content (AvgIpc) is 3.62. The standard InChI is InChI=1S/C34H67NO2/c1-6-9-12-15-18-21-24-30(25-22-19-16-13-10-7-2)32(27-28-35(4)5)34(36)37-33-29-31(33)26-23-20-17-14-11-8-3/h30-33H,6-29H2,1-5H3. The minimum absolute atomic E-state index is 0.0870. The molecule has 3 nitrogen and oxygen atoms in total. The Morgan fingerprint density at radius 1 is 0.676 bits per heavy atom. The van der Waals surface area contributed by atoms with E-state index in [2.05, 4.69) is 39.8 Å². The smallest absolute Gasteiger partial charge is 0.309 e. The molecule has 1 saturated carbocycles. The minimum atomic E-state index is 0.0870. The predicted octanol–water partition coefficient (Wildman–Crippen LogP) is 10.4. The summed E-state index contributed by atoms with van der Waals surface area (Å²) in [5.74, 6) is 1.36. The average molecular weight is 522 g/mol. The first kappa shape index (κ1) is 34.5. The van der Waals surface area contributed by atoms with Crippen molar-refractivity contribution in [3.8, 4) is 0 Å². The van der Waals surface area contributed by atoms with Crippen LogP contribution < -0.4 is 0 Å². The summed E-state index contributed by atoms with van der Waals surface area (Å²) in [6.45, 7) is 7.83. The molecule has 0 aromatic carbocycles. The van der Waals surface area contributed by atoms with E-state index < -0.39 is 0 Å². The molecule has 0 bridgehead atoms. The van der Waals surface area contributed by atoms with Gasteiger partial charge < -0.3 is 9.64 Å². The van der Waals surface area contributed by atoms with Crippen LogP contribution in [0.15, 0.2) is 0 Å². The van der Waals surface area contributed by atoms with Crippen molar-refractivity contribution in [1.82, 2.24) is 4.90 Å². The third-order valence-corrected chi connectivity index (χ3v) is 8.67. The molecule has 0 aromatic rings. The zero-order valence-electron chi connectivity index (χ0n) is 26.0. The lowest BCUT2D eigenvalue weighted by Gasteiger charge is -2.27. The molecule has 3 unspecified atom stereocenters. The van der Waals surface area contributed by atoms with Gasteiger partial charge in [0.25, 0.3) is 0 Å². The molecule has 0 aromatic heterocycles. The zero-order valence-corrected chi connectivity index (χ0v) is 26.0. The second kappa shape index (κ2) is 23.3. The third-order valence-electron chi connectivity index (χ3n) is 8.67. The van der Waals surface area contributed by atoms with E-state index in [1.54, 1.807) is 0 Å². The lowest BCUT2D eigenvalue weighted by molar-refractivity contribution is -0.153. The van der Waals surface area contributed by atoms with E-state index in [0.29, 0.717) is 11.8 Å². The Morgan fingerprint density at radius 3 is 1.62 bits per heavy atom. The van der Waals surface area contributed by atoms with Gasteiger partial charge in [-0.1, -0.05) is 136 Å². The number of ether oxygens (including phenoxy) is 1. The zero-order chi connectivity index (χ0) is 27.1. The summed E-state index contributed by atoms with van der Waals surface area (Å²) in [6.07, 6.45) is 30.0. The second-order valence-electron chi connectivity index (χ2n) is 12.6. The fourth-order valence-electron chi connectivity index (χ4n) is 5.96. The molecule has 1 fully saturated rings. The van der Waals surface area contributed by atoms with Crippen LogP contribution in [-0.2, 0) is 9.53 Å². The number of hydrogen-bond acceptors (Lipinski definition) is 3. The van der Waals surface area contributed by atoms with Crippen LogP contribution in [-0.4, -0.2) is 37.6 Å². The van der Waals surface area contributed by atoms with Gasteiger partial charge in [0.05, 0.1) is 5.92 Å². The number of rotatable bonds is 27. The molecular formula is C34H67NO2. The van der Waals surface area contributed by atoms with Gasteiger partial charge >= 0.3 is 5.97 Å². The van der Waals surface area contributed by atoms with Crippen LogP contribution in [0, 0.1) is 17.8 Å². The highest BCUT2D eigenvalue weighted by Crippen LogP contribution is 2.40. The molecule has 0 heterocycles. The fraction of sp³-hybridized carbons (Fsp3) is 0.971. The van der Waals surface area contributed by atoms with Crippen LogP contribution in [0.5, 0.6) is 0 Å². The molecule has 1 aliphatic rings. The summed E-state index contributed by atoms with van der Waals surface area (Å²) in [7, 11) is 4.27. The normalized spacial score (nSPS) is 18.0. The molecule has 1 rings (SSSR count). The minimum Gasteiger partial charge on any atom is -0.462 e. The summed E-state index contributed by atoms with van der Waals surface area (Å²) in [5, 5.41) is 0. The van der Waals surface area contributed by atoms with Gasteiger partial charge in [0.2, 0.25) is 0 Å². The van der Waals surface area contributed by atoms with Crippen molar-refractivity contribution in [2.24, 2.45) is 17.8 Å². The van der Waals surface area contributed by atoms with Gasteiger partial charge in [0.15, 0.2) is 0 Å². The van der Waals surface area contributed by atoms with E-state index in [9.17, 15) is 4.79 Å². The Balaban J connectivity index is 2.59. The van der Waals surface area contributed by atoms with Crippen LogP contribution in [0.3, 0.4) is 0 Å². The molecule has 0 N–H and O–H groups in total. The monoisotopic (exact) mass is 522 g/mol. The number of hydrogen-bond donors (Lipinski definition) is 0. The lowest BCUT2D eigenvalue weighted by Crippen LogP contribution is -2.30. The summed E-state index contributed by atoms with van der Waals surface area (Å²) in [4.78, 5) is 15.8. The van der Waals surface area contributed by atoms with Gasteiger partial charge in [-0.2, -0.15) is 0 Å². The third kappa shape index (κ3) is 18.4. The fourth-order valence-corrected chi connectivity index (χ4v) is 5.96. The molecule has 220 valence electrons. The van der Waals surface area contributed by atoms with Crippen LogP contribution >= 0.6 is 0 Å². The summed E-state index contributed by atoms with van der Waals surface area (Å²) >= 11 is 0. The van der Waals surface area contributed by atoms with Crippen LogP contribution in [0.25, 0.3) is 0 Å². The predicted molar refractivity (Wildman–Crippen MR) is 162 cm³/mol. The van der Waals surface area contributed by atoms with Gasteiger partial charge in [0.1, 0.15) is 6.10 Å². The molecule has 37 heavy (non-hydrogen) atoms. The van der Waals surface area contributed by atoms with E-state index in [0.717, 1.165) is 19.4 Å². The molecule has 0 aliphatic heterocycles. The van der Waals surface area contributed by atoms with Crippen molar-refractivity contribution in [1.29, 1.82) is 0 Å². The summed E-state index contributed by atoms with van der Waals surface area (Å²) in [6, 6.07) is 0. The Kier molecular flexibility index (Phi) is 21.7. The van der Waals surface area contributed by atoms with Crippen molar-refractivity contribution in [2.75, 3.05) is 20.6 Å². The highest BCUT2D eigenvalue weighted by molar-refractivity contribution is 5.73. The maximum Gasteiger partial charge on any atom is 0.309 e. The Hall–Kier alpha value is -0.570. The first-order valence-electron chi connectivity index (χ1n) is 16.9. The maximum absolute atomic E-state index is 13.5. The summed E-state index contributed by atoms with van der Waals surface area (Å²) in [5.41, 5.74) is 0. The molecular weight excluding hydrogens is 454 g/mol. The molecule has 0 amide bonds. The molecule has 0 radical (unpaired) electrons. The van der Waals surface area contributed by atoms with Crippen molar-refractivity contribution in [2.45, 2.75) is 175 Å². The van der Waals surface area contributed by atoms with Crippen LogP contribution in [0.4, 0.5) is 0 Å². The van der Waals surface area contributed by atoms with Crippen molar-refractivity contribution in [3.05, 3.63) is 0 Å². The van der Waals surface area contributed by atoms with Gasteiger partial charge in [-0.25, -0.2) is 0 Å². The topological polar surface area (TPSA) is 29.5 Å². The largest absolute Gasteiger partial charge is 0.462 e. The summed E-state index contributed by atoms with van der Waals surface area (Å²) < 4.78 is 6.21. The van der Waals surface area contributed by atoms with Crippen LogP contribution in [0.2, 0.25) is 0 Å². The van der Waals surface area contributed by atoms with E-state index in [1.165, 1.54) is 135 Å². The lowest BCUT2D eigenvalue weighted by atomic mass is 9.81. The van der Waals surface area contributed by atoms with Crippen molar-refractivity contribution >= 4 is 5.97 Å². The van der Waals surface area contributed by atoms with Gasteiger partial charge in [-0.15, -0.1) is 0 Å². The van der Waals surface area contributed by atoms with E-state index in [-0.39, 0.29) is 18.0 Å². The number of esters is 1. The second-order valence-corrected chi connectivity index (χ2v) is 12.6. The number of nitrogens with zero attached hydrogens (tertiary/aromatic N) is 1. The molecule has 0 spiro atoms. The number of carbonyl (C=O) groups excluding carboxylic acids is 1. The highest BCUT2D eigenvalue weighted by Gasteiger charge is 2.42. The van der Waals surface area contributed by atoms with Crippen molar-refractivity contribution < 1.29 is 9.53 Å². The first-order valence-corrected chi connectivity index (χ1v) is 16.9. The van der Waals surface area contributed by atoms with Crippen LogP contribution in [0.1, 0.15) is 168 Å². The maximum atomic E-state index is 13.5.